The maximum absolute atomic E-state index is 12.6. The van der Waals surface area contributed by atoms with E-state index in [4.69, 9.17) is 9.51 Å². The van der Waals surface area contributed by atoms with Crippen LogP contribution in [0.3, 0.4) is 0 Å². The molecule has 2 heterocycles. The van der Waals surface area contributed by atoms with Crippen LogP contribution in [0.2, 0.25) is 0 Å². The van der Waals surface area contributed by atoms with Crippen molar-refractivity contribution in [2.24, 2.45) is 0 Å². The van der Waals surface area contributed by atoms with E-state index in [0.29, 0.717) is 24.7 Å². The summed E-state index contributed by atoms with van der Waals surface area (Å²) in [6.07, 6.45) is 3.47. The predicted molar refractivity (Wildman–Crippen MR) is 106 cm³/mol. The van der Waals surface area contributed by atoms with Crippen molar-refractivity contribution in [1.82, 2.24) is 10.1 Å². The van der Waals surface area contributed by atoms with Crippen LogP contribution in [0.15, 0.2) is 59.1 Å². The van der Waals surface area contributed by atoms with Gasteiger partial charge in [0.1, 0.15) is 0 Å². The minimum Gasteiger partial charge on any atom is -0.338 e. The molecule has 0 spiro atoms. The maximum Gasteiger partial charge on any atom is 0.237 e. The quantitative estimate of drug-likeness (QED) is 0.671. The van der Waals surface area contributed by atoms with Gasteiger partial charge in [-0.1, -0.05) is 54.5 Å². The average Bonchev–Trinajstić information content (AvgIpc) is 3.23. The van der Waals surface area contributed by atoms with E-state index in [2.05, 4.69) is 36.3 Å². The zero-order valence-corrected chi connectivity index (χ0v) is 16.0. The number of aromatic nitrogens is 2. The van der Waals surface area contributed by atoms with Crippen LogP contribution in [-0.4, -0.2) is 22.6 Å². The minimum atomic E-state index is -0.134. The zero-order valence-electron chi connectivity index (χ0n) is 16.0. The van der Waals surface area contributed by atoms with E-state index in [1.807, 2.05) is 35.2 Å². The number of carbonyl (C=O) groups is 1. The number of nitrogens with zero attached hydrogens (tertiary/aromatic N) is 3. The Balaban J connectivity index is 1.36. The molecule has 2 fully saturated rings. The van der Waals surface area contributed by atoms with Crippen molar-refractivity contribution < 1.29 is 9.32 Å². The monoisotopic (exact) mass is 373 g/mol. The van der Waals surface area contributed by atoms with Crippen molar-refractivity contribution in [2.45, 2.75) is 43.9 Å². The first kappa shape index (κ1) is 17.2. The van der Waals surface area contributed by atoms with Crippen molar-refractivity contribution in [3.63, 3.8) is 0 Å². The highest BCUT2D eigenvalue weighted by Crippen LogP contribution is 2.53. The van der Waals surface area contributed by atoms with Crippen LogP contribution in [0.1, 0.15) is 54.9 Å². The number of hydrogen-bond acceptors (Lipinski definition) is 4. The molecule has 1 aliphatic carbocycles. The van der Waals surface area contributed by atoms with Gasteiger partial charge < -0.3 is 9.42 Å². The normalized spacial score (nSPS) is 20.5. The van der Waals surface area contributed by atoms with Crippen LogP contribution in [-0.2, 0) is 16.6 Å². The molecule has 5 rings (SSSR count). The molecule has 0 radical (unpaired) electrons. The Morgan fingerprint density at radius 1 is 1.11 bits per heavy atom. The minimum absolute atomic E-state index is 0.0255. The zero-order chi connectivity index (χ0) is 19.1. The van der Waals surface area contributed by atoms with Crippen LogP contribution in [0.5, 0.6) is 0 Å². The fraction of sp³-hybridized carbons (Fsp3) is 0.348. The van der Waals surface area contributed by atoms with E-state index in [0.717, 1.165) is 24.9 Å². The Morgan fingerprint density at radius 2 is 1.86 bits per heavy atom. The lowest BCUT2D eigenvalue weighted by Gasteiger charge is -2.16. The fourth-order valence-electron chi connectivity index (χ4n) is 4.14. The first-order valence-electron chi connectivity index (χ1n) is 9.98. The fourth-order valence-corrected chi connectivity index (χ4v) is 4.14. The van der Waals surface area contributed by atoms with E-state index in [1.54, 1.807) is 0 Å². The number of anilines is 1. The predicted octanol–water partition coefficient (Wildman–Crippen LogP) is 4.23. The number of amides is 1. The molecular weight excluding hydrogens is 350 g/mol. The molecule has 1 amide bonds. The highest BCUT2D eigenvalue weighted by Gasteiger charge is 2.51. The van der Waals surface area contributed by atoms with Crippen LogP contribution >= 0.6 is 0 Å². The third-order valence-electron chi connectivity index (χ3n) is 6.07. The Kier molecular flexibility index (Phi) is 4.04. The highest BCUT2D eigenvalue weighted by molar-refractivity contribution is 5.96. The highest BCUT2D eigenvalue weighted by atomic mass is 16.5. The van der Waals surface area contributed by atoms with Gasteiger partial charge in [-0.3, -0.25) is 4.79 Å². The standard InChI is InChI=1S/C23H23N3O2/c1-2-16-8-10-19(11-9-16)26-15-17(14-20(26)27)21-24-22(28-25-21)23(12-13-23)18-6-4-3-5-7-18/h3-11,17H,2,12-15H2,1H3/t17-/m0/s1. The van der Waals surface area contributed by atoms with Crippen molar-refractivity contribution in [2.75, 3.05) is 11.4 Å². The summed E-state index contributed by atoms with van der Waals surface area (Å²) in [7, 11) is 0. The van der Waals surface area contributed by atoms with E-state index >= 15 is 0 Å². The molecule has 0 N–H and O–H groups in total. The molecule has 5 nitrogen and oxygen atoms in total. The molecule has 1 saturated heterocycles. The Morgan fingerprint density at radius 3 is 2.54 bits per heavy atom. The molecule has 3 aromatic rings. The number of hydrogen-bond donors (Lipinski definition) is 0. The topological polar surface area (TPSA) is 59.2 Å². The maximum atomic E-state index is 12.6. The average molecular weight is 373 g/mol. The molecule has 1 saturated carbocycles. The molecule has 5 heteroatoms. The van der Waals surface area contributed by atoms with Gasteiger partial charge in [0.15, 0.2) is 5.82 Å². The lowest BCUT2D eigenvalue weighted by atomic mass is 9.96. The summed E-state index contributed by atoms with van der Waals surface area (Å²) < 4.78 is 5.67. The van der Waals surface area contributed by atoms with Crippen molar-refractivity contribution in [3.05, 3.63) is 77.4 Å². The van der Waals surface area contributed by atoms with E-state index < -0.39 is 0 Å². The van der Waals surface area contributed by atoms with Crippen molar-refractivity contribution in [1.29, 1.82) is 0 Å². The van der Waals surface area contributed by atoms with Gasteiger partial charge in [0.2, 0.25) is 11.8 Å². The second kappa shape index (κ2) is 6.59. The van der Waals surface area contributed by atoms with Gasteiger partial charge in [-0.05, 0) is 42.5 Å². The van der Waals surface area contributed by atoms with Gasteiger partial charge >= 0.3 is 0 Å². The molecule has 142 valence electrons. The van der Waals surface area contributed by atoms with Gasteiger partial charge in [-0.25, -0.2) is 0 Å². The summed E-state index contributed by atoms with van der Waals surface area (Å²) in [5.41, 5.74) is 3.30. The van der Waals surface area contributed by atoms with Crippen LogP contribution in [0.25, 0.3) is 0 Å². The van der Waals surface area contributed by atoms with Gasteiger partial charge in [0.25, 0.3) is 0 Å². The second-order valence-electron chi connectivity index (χ2n) is 7.83. The van der Waals surface area contributed by atoms with Crippen molar-refractivity contribution >= 4 is 11.6 Å². The first-order valence-corrected chi connectivity index (χ1v) is 9.98. The van der Waals surface area contributed by atoms with Gasteiger partial charge in [0, 0.05) is 24.6 Å². The number of rotatable bonds is 5. The Hall–Kier alpha value is -2.95. The number of benzene rings is 2. The van der Waals surface area contributed by atoms with Gasteiger partial charge in [0.05, 0.1) is 5.41 Å². The molecule has 1 aromatic heterocycles. The number of aryl methyl sites for hydroxylation is 1. The summed E-state index contributed by atoms with van der Waals surface area (Å²) in [6.45, 7) is 2.73. The third-order valence-corrected chi connectivity index (χ3v) is 6.07. The molecule has 2 aliphatic rings. The van der Waals surface area contributed by atoms with E-state index in [9.17, 15) is 4.79 Å². The molecule has 0 unspecified atom stereocenters. The summed E-state index contributed by atoms with van der Waals surface area (Å²) >= 11 is 0. The summed E-state index contributed by atoms with van der Waals surface area (Å²) in [6, 6.07) is 18.6. The largest absolute Gasteiger partial charge is 0.338 e. The van der Waals surface area contributed by atoms with Gasteiger partial charge in [-0.2, -0.15) is 4.98 Å². The smallest absolute Gasteiger partial charge is 0.237 e. The third kappa shape index (κ3) is 2.82. The summed E-state index contributed by atoms with van der Waals surface area (Å²) in [5, 5.41) is 4.25. The molecule has 28 heavy (non-hydrogen) atoms. The Bertz CT molecular complexity index is 990. The van der Waals surface area contributed by atoms with Crippen LogP contribution in [0, 0.1) is 0 Å². The SMILES string of the molecule is CCc1ccc(N2C[C@@H](c3noc(C4(c5ccccc5)CC4)n3)CC2=O)cc1. The van der Waals surface area contributed by atoms with Crippen LogP contribution in [0.4, 0.5) is 5.69 Å². The lowest BCUT2D eigenvalue weighted by molar-refractivity contribution is -0.117. The number of carbonyl (C=O) groups excluding carboxylic acids is 1. The van der Waals surface area contributed by atoms with Crippen molar-refractivity contribution in [3.8, 4) is 0 Å². The summed E-state index contributed by atoms with van der Waals surface area (Å²) in [5.74, 6) is 1.43. The van der Waals surface area contributed by atoms with Crippen LogP contribution < -0.4 is 4.90 Å². The first-order chi connectivity index (χ1) is 13.7. The molecule has 1 atom stereocenters. The van der Waals surface area contributed by atoms with Gasteiger partial charge in [-0.15, -0.1) is 0 Å². The second-order valence-corrected chi connectivity index (χ2v) is 7.83. The molecular formula is C23H23N3O2. The molecule has 0 bridgehead atoms. The lowest BCUT2D eigenvalue weighted by Crippen LogP contribution is -2.24. The van der Waals surface area contributed by atoms with E-state index in [1.165, 1.54) is 11.1 Å². The van der Waals surface area contributed by atoms with E-state index in [-0.39, 0.29) is 17.2 Å². The summed E-state index contributed by atoms with van der Waals surface area (Å²) in [4.78, 5) is 19.2. The Labute approximate surface area is 164 Å². The molecule has 2 aromatic carbocycles. The molecule has 1 aliphatic heterocycles.